The van der Waals surface area contributed by atoms with E-state index < -0.39 is 23.9 Å². The third kappa shape index (κ3) is 4.36. The fraction of sp³-hybridized carbons (Fsp3) is 0.522. The molecule has 1 fully saturated rings. The Kier molecular flexibility index (Phi) is 5.32. The molecule has 2 aromatic rings. The smallest absolute Gasteiger partial charge is 0.412 e. The monoisotopic (exact) mass is 397 g/mol. The maximum atomic E-state index is 13.2. The number of nitrogens with zero attached hydrogens (tertiary/aromatic N) is 3. The van der Waals surface area contributed by atoms with Crippen LogP contribution in [0.2, 0.25) is 0 Å². The molecule has 29 heavy (non-hydrogen) atoms. The van der Waals surface area contributed by atoms with Crippen LogP contribution in [0.3, 0.4) is 0 Å². The Morgan fingerprint density at radius 3 is 2.34 bits per heavy atom. The molecule has 156 valence electrons. The summed E-state index contributed by atoms with van der Waals surface area (Å²) in [5, 5.41) is 1.04. The van der Waals surface area contributed by atoms with Crippen LogP contribution in [0.25, 0.3) is 10.9 Å². The van der Waals surface area contributed by atoms with E-state index in [1.807, 2.05) is 77.9 Å². The molecule has 1 aromatic carbocycles. The highest BCUT2D eigenvalue weighted by Crippen LogP contribution is 2.36. The zero-order valence-corrected chi connectivity index (χ0v) is 18.4. The lowest BCUT2D eigenvalue weighted by molar-refractivity contribution is -0.129. The number of pyridine rings is 1. The van der Waals surface area contributed by atoms with Crippen molar-refractivity contribution in [1.82, 2.24) is 14.8 Å². The van der Waals surface area contributed by atoms with Gasteiger partial charge in [0, 0.05) is 30.0 Å². The number of benzene rings is 1. The molecule has 0 saturated carbocycles. The molecule has 6 nitrogen and oxygen atoms in total. The summed E-state index contributed by atoms with van der Waals surface area (Å²) < 4.78 is 5.67. The minimum absolute atomic E-state index is 0.0919. The van der Waals surface area contributed by atoms with Crippen molar-refractivity contribution >= 4 is 22.9 Å². The first kappa shape index (κ1) is 21.1. The molecule has 1 saturated heterocycles. The molecule has 2 heterocycles. The van der Waals surface area contributed by atoms with Crippen LogP contribution < -0.4 is 0 Å². The normalized spacial score (nSPS) is 20.4. The molecule has 1 aromatic heterocycles. The number of aromatic nitrogens is 1. The highest BCUT2D eigenvalue weighted by molar-refractivity contribution is 5.90. The quantitative estimate of drug-likeness (QED) is 0.761. The van der Waals surface area contributed by atoms with Crippen LogP contribution in [0.5, 0.6) is 0 Å². The molecule has 0 spiro atoms. The van der Waals surface area contributed by atoms with Crippen LogP contribution in [0.1, 0.15) is 47.2 Å². The van der Waals surface area contributed by atoms with E-state index in [9.17, 15) is 9.59 Å². The lowest BCUT2D eigenvalue weighted by atomic mass is 9.91. The molecule has 0 radical (unpaired) electrons. The van der Waals surface area contributed by atoms with Crippen LogP contribution in [0, 0.1) is 5.41 Å². The summed E-state index contributed by atoms with van der Waals surface area (Å²) in [6, 6.07) is 11.1. The van der Waals surface area contributed by atoms with Gasteiger partial charge in [0.15, 0.2) is 0 Å². The van der Waals surface area contributed by atoms with Crippen LogP contribution in [-0.2, 0) is 16.0 Å². The van der Waals surface area contributed by atoms with Crippen molar-refractivity contribution in [2.24, 2.45) is 5.41 Å². The van der Waals surface area contributed by atoms with Crippen molar-refractivity contribution in [1.29, 1.82) is 0 Å². The van der Waals surface area contributed by atoms with Crippen LogP contribution in [-0.4, -0.2) is 51.6 Å². The number of amides is 2. The molecule has 1 aliphatic heterocycles. The first-order chi connectivity index (χ1) is 13.4. The number of carbonyl (C=O) groups is 2. The number of para-hydroxylation sites is 1. The molecule has 2 amide bonds. The summed E-state index contributed by atoms with van der Waals surface area (Å²) >= 11 is 0. The van der Waals surface area contributed by atoms with E-state index in [1.165, 1.54) is 0 Å². The Labute approximate surface area is 172 Å². The third-order valence-corrected chi connectivity index (χ3v) is 5.04. The van der Waals surface area contributed by atoms with E-state index in [1.54, 1.807) is 16.8 Å². The van der Waals surface area contributed by atoms with Crippen molar-refractivity contribution in [2.75, 3.05) is 7.05 Å². The second-order valence-electron chi connectivity index (χ2n) is 9.79. The summed E-state index contributed by atoms with van der Waals surface area (Å²) in [6.45, 7) is 11.6. The highest BCUT2D eigenvalue weighted by Gasteiger charge is 2.52. The SMILES string of the molecule is CN1C(=O)[C@H](Cc2ccc3ccccc3n2)N(C(=O)OC(C)(C)C)[C@H]1C(C)(C)C. The number of ether oxygens (including phenoxy) is 1. The first-order valence-electron chi connectivity index (χ1n) is 10.0. The van der Waals surface area contributed by atoms with Crippen molar-refractivity contribution in [3.63, 3.8) is 0 Å². The van der Waals surface area contributed by atoms with E-state index in [0.717, 1.165) is 16.6 Å². The summed E-state index contributed by atoms with van der Waals surface area (Å²) in [6.07, 6.45) is -0.518. The first-order valence-corrected chi connectivity index (χ1v) is 10.0. The van der Waals surface area contributed by atoms with E-state index in [-0.39, 0.29) is 11.3 Å². The molecule has 0 unspecified atom stereocenters. The molecule has 3 rings (SSSR count). The Morgan fingerprint density at radius 1 is 1.07 bits per heavy atom. The zero-order chi connectivity index (χ0) is 21.6. The average molecular weight is 398 g/mol. The van der Waals surface area contributed by atoms with Gasteiger partial charge in [0.1, 0.15) is 17.8 Å². The number of carbonyl (C=O) groups excluding carboxylic acids is 2. The lowest BCUT2D eigenvalue weighted by Crippen LogP contribution is -2.52. The van der Waals surface area contributed by atoms with Crippen molar-refractivity contribution in [3.8, 4) is 0 Å². The molecular formula is C23H31N3O3. The second kappa shape index (κ2) is 7.32. The van der Waals surface area contributed by atoms with Crippen molar-refractivity contribution < 1.29 is 14.3 Å². The molecule has 2 atom stereocenters. The van der Waals surface area contributed by atoms with E-state index in [2.05, 4.69) is 0 Å². The predicted molar refractivity (Wildman–Crippen MR) is 113 cm³/mol. The van der Waals surface area contributed by atoms with Gasteiger partial charge in [0.2, 0.25) is 5.91 Å². The van der Waals surface area contributed by atoms with Gasteiger partial charge in [-0.25, -0.2) is 4.79 Å². The second-order valence-corrected chi connectivity index (χ2v) is 9.79. The van der Waals surface area contributed by atoms with Gasteiger partial charge in [-0.15, -0.1) is 0 Å². The van der Waals surface area contributed by atoms with Crippen molar-refractivity contribution in [3.05, 3.63) is 42.1 Å². The standard InChI is InChI=1S/C23H31N3O3/c1-22(2,3)20-25(7)19(27)18(26(20)21(28)29-23(4,5)6)14-16-13-12-15-10-8-9-11-17(15)24-16/h8-13,18,20H,14H2,1-7H3/t18-,20-/m0/s1. The van der Waals surface area contributed by atoms with Crippen LogP contribution in [0.4, 0.5) is 4.79 Å². The van der Waals surface area contributed by atoms with Crippen LogP contribution in [0.15, 0.2) is 36.4 Å². The number of fused-ring (bicyclic) bond motifs is 1. The van der Waals surface area contributed by atoms with E-state index in [0.29, 0.717) is 6.42 Å². The summed E-state index contributed by atoms with van der Waals surface area (Å²) in [5.74, 6) is -0.0919. The summed E-state index contributed by atoms with van der Waals surface area (Å²) in [5.41, 5.74) is 0.682. The fourth-order valence-corrected chi connectivity index (χ4v) is 3.98. The Balaban J connectivity index is 1.98. The molecular weight excluding hydrogens is 366 g/mol. The number of hydrogen-bond donors (Lipinski definition) is 0. The fourth-order valence-electron chi connectivity index (χ4n) is 3.98. The maximum Gasteiger partial charge on any atom is 0.412 e. The number of hydrogen-bond acceptors (Lipinski definition) is 4. The average Bonchev–Trinajstić information content (AvgIpc) is 2.85. The van der Waals surface area contributed by atoms with E-state index >= 15 is 0 Å². The van der Waals surface area contributed by atoms with Gasteiger partial charge in [0.25, 0.3) is 0 Å². The van der Waals surface area contributed by atoms with Crippen LogP contribution >= 0.6 is 0 Å². The van der Waals surface area contributed by atoms with E-state index in [4.69, 9.17) is 9.72 Å². The Morgan fingerprint density at radius 2 is 1.72 bits per heavy atom. The van der Waals surface area contributed by atoms with Gasteiger partial charge in [-0.1, -0.05) is 45.0 Å². The molecule has 0 N–H and O–H groups in total. The predicted octanol–water partition coefficient (Wildman–Crippen LogP) is 4.23. The van der Waals surface area contributed by atoms with Gasteiger partial charge >= 0.3 is 6.09 Å². The van der Waals surface area contributed by atoms with Gasteiger partial charge in [-0.2, -0.15) is 0 Å². The lowest BCUT2D eigenvalue weighted by Gasteiger charge is -2.39. The largest absolute Gasteiger partial charge is 0.444 e. The third-order valence-electron chi connectivity index (χ3n) is 5.04. The van der Waals surface area contributed by atoms with Crippen molar-refractivity contribution in [2.45, 2.75) is 65.8 Å². The number of rotatable bonds is 2. The zero-order valence-electron chi connectivity index (χ0n) is 18.4. The summed E-state index contributed by atoms with van der Waals surface area (Å²) in [7, 11) is 1.75. The van der Waals surface area contributed by atoms with Gasteiger partial charge in [-0.05, 0) is 32.9 Å². The van der Waals surface area contributed by atoms with Gasteiger partial charge < -0.3 is 9.64 Å². The molecule has 0 aliphatic carbocycles. The number of likely N-dealkylation sites (N-methyl/N-ethyl adjacent to an activating group) is 1. The molecule has 0 bridgehead atoms. The minimum Gasteiger partial charge on any atom is -0.444 e. The molecule has 1 aliphatic rings. The maximum absolute atomic E-state index is 13.2. The summed E-state index contributed by atoms with van der Waals surface area (Å²) in [4.78, 5) is 34.3. The topological polar surface area (TPSA) is 62.7 Å². The Hall–Kier alpha value is -2.63. The van der Waals surface area contributed by atoms with Gasteiger partial charge in [0.05, 0.1) is 5.52 Å². The van der Waals surface area contributed by atoms with Gasteiger partial charge in [-0.3, -0.25) is 14.7 Å². The minimum atomic E-state index is -0.646. The molecule has 6 heteroatoms. The Bertz CT molecular complexity index is 927. The highest BCUT2D eigenvalue weighted by atomic mass is 16.6.